The number of aromatic carboxylic acids is 1. The lowest BCUT2D eigenvalue weighted by Crippen LogP contribution is -2.43. The van der Waals surface area contributed by atoms with Gasteiger partial charge >= 0.3 is 11.9 Å². The fourth-order valence-electron chi connectivity index (χ4n) is 4.57. The van der Waals surface area contributed by atoms with Crippen LogP contribution in [0.5, 0.6) is 0 Å². The molecule has 2 aromatic rings. The van der Waals surface area contributed by atoms with Crippen molar-refractivity contribution in [3.8, 4) is 0 Å². The van der Waals surface area contributed by atoms with Gasteiger partial charge in [0.1, 0.15) is 0 Å². The van der Waals surface area contributed by atoms with Gasteiger partial charge in [-0.2, -0.15) is 0 Å². The zero-order chi connectivity index (χ0) is 21.1. The molecule has 8 heteroatoms. The summed E-state index contributed by atoms with van der Waals surface area (Å²) in [6.07, 6.45) is 0.243. The highest BCUT2D eigenvalue weighted by Crippen LogP contribution is 2.55. The van der Waals surface area contributed by atoms with Gasteiger partial charge < -0.3 is 9.84 Å². The number of hydrogen-bond acceptors (Lipinski definition) is 5. The van der Waals surface area contributed by atoms with E-state index in [1.54, 1.807) is 38.1 Å². The normalized spacial score (nSPS) is 24.8. The van der Waals surface area contributed by atoms with E-state index in [-0.39, 0.29) is 41.2 Å². The summed E-state index contributed by atoms with van der Waals surface area (Å²) in [6, 6.07) is 7.49. The van der Waals surface area contributed by atoms with Crippen LogP contribution in [0.25, 0.3) is 10.8 Å². The lowest BCUT2D eigenvalue weighted by Gasteiger charge is -2.41. The van der Waals surface area contributed by atoms with Crippen molar-refractivity contribution in [2.45, 2.75) is 37.6 Å². The Balaban J connectivity index is 2.00. The predicted octanol–water partition coefficient (Wildman–Crippen LogP) is 3.46. The second kappa shape index (κ2) is 6.32. The van der Waals surface area contributed by atoms with Gasteiger partial charge in [0.2, 0.25) is 0 Å². The van der Waals surface area contributed by atoms with Crippen molar-refractivity contribution in [3.63, 3.8) is 0 Å². The van der Waals surface area contributed by atoms with E-state index in [1.807, 2.05) is 0 Å². The Labute approximate surface area is 168 Å². The van der Waals surface area contributed by atoms with Crippen LogP contribution in [0.2, 0.25) is 0 Å². The van der Waals surface area contributed by atoms with E-state index in [1.165, 1.54) is 10.4 Å². The van der Waals surface area contributed by atoms with E-state index in [2.05, 4.69) is 6.58 Å². The van der Waals surface area contributed by atoms with Gasteiger partial charge in [0.25, 0.3) is 10.0 Å². The topological polar surface area (TPSA) is 101 Å². The van der Waals surface area contributed by atoms with E-state index in [4.69, 9.17) is 4.74 Å². The SMILES string of the molecule is C=C1CC(C)(C(=O)OCC)CC2c3c(cc4ccccc4c3C(=O)O)S(=O)(=O)N12. The highest BCUT2D eigenvalue weighted by molar-refractivity contribution is 7.89. The summed E-state index contributed by atoms with van der Waals surface area (Å²) in [5.74, 6) is -1.64. The second-order valence-electron chi connectivity index (χ2n) is 7.73. The first kappa shape index (κ1) is 19.4. The molecular weight excluding hydrogens is 394 g/mol. The first-order chi connectivity index (χ1) is 13.6. The number of rotatable bonds is 3. The van der Waals surface area contributed by atoms with Gasteiger partial charge in [-0.3, -0.25) is 9.10 Å². The van der Waals surface area contributed by atoms with Crippen LogP contribution in [0.1, 0.15) is 48.7 Å². The lowest BCUT2D eigenvalue weighted by molar-refractivity contribution is -0.156. The molecule has 152 valence electrons. The minimum absolute atomic E-state index is 0.0344. The number of hydrogen-bond donors (Lipinski definition) is 1. The molecule has 29 heavy (non-hydrogen) atoms. The molecule has 0 amide bonds. The summed E-state index contributed by atoms with van der Waals surface area (Å²) >= 11 is 0. The molecule has 1 saturated heterocycles. The summed E-state index contributed by atoms with van der Waals surface area (Å²) in [6.45, 7) is 7.52. The van der Waals surface area contributed by atoms with Crippen LogP contribution < -0.4 is 0 Å². The van der Waals surface area contributed by atoms with Crippen molar-refractivity contribution in [2.24, 2.45) is 5.41 Å². The number of benzene rings is 2. The molecule has 0 radical (unpaired) electrons. The second-order valence-corrected chi connectivity index (χ2v) is 9.52. The fourth-order valence-corrected chi connectivity index (χ4v) is 6.49. The highest BCUT2D eigenvalue weighted by atomic mass is 32.2. The Bertz CT molecular complexity index is 1190. The zero-order valence-electron chi connectivity index (χ0n) is 16.1. The van der Waals surface area contributed by atoms with Crippen molar-refractivity contribution in [3.05, 3.63) is 53.7 Å². The van der Waals surface area contributed by atoms with E-state index in [0.29, 0.717) is 10.8 Å². The lowest BCUT2D eigenvalue weighted by atomic mass is 9.74. The Hall–Kier alpha value is -2.87. The van der Waals surface area contributed by atoms with Crippen LogP contribution in [0.3, 0.4) is 0 Å². The Kier molecular flexibility index (Phi) is 4.24. The molecule has 4 rings (SSSR count). The van der Waals surface area contributed by atoms with E-state index < -0.39 is 33.4 Å². The maximum absolute atomic E-state index is 13.3. The summed E-state index contributed by atoms with van der Waals surface area (Å²) in [5, 5.41) is 11.0. The smallest absolute Gasteiger partial charge is 0.336 e. The minimum Gasteiger partial charge on any atom is -0.478 e. The Morgan fingerprint density at radius 3 is 2.69 bits per heavy atom. The maximum atomic E-state index is 13.3. The molecule has 2 atom stereocenters. The molecule has 7 nitrogen and oxygen atoms in total. The molecule has 0 bridgehead atoms. The molecule has 0 spiro atoms. The average molecular weight is 415 g/mol. The third kappa shape index (κ3) is 2.66. The number of carbonyl (C=O) groups is 2. The van der Waals surface area contributed by atoms with E-state index in [0.717, 1.165) is 0 Å². The molecule has 0 aromatic heterocycles. The van der Waals surface area contributed by atoms with Gasteiger partial charge in [0.05, 0.1) is 28.5 Å². The summed E-state index contributed by atoms with van der Waals surface area (Å²) in [4.78, 5) is 24.8. The molecular formula is C21H21NO6S. The number of nitrogens with zero attached hydrogens (tertiary/aromatic N) is 1. The number of carboxylic acid groups (broad SMARTS) is 1. The number of piperidine rings is 1. The van der Waals surface area contributed by atoms with Crippen molar-refractivity contribution < 1.29 is 27.9 Å². The van der Waals surface area contributed by atoms with Gasteiger partial charge in [-0.15, -0.1) is 0 Å². The number of ether oxygens (including phenoxy) is 1. The van der Waals surface area contributed by atoms with Crippen molar-refractivity contribution in [2.75, 3.05) is 6.61 Å². The van der Waals surface area contributed by atoms with Crippen LogP contribution in [-0.2, 0) is 19.6 Å². The standard InChI is InChI=1S/C21H21NO6S/c1-4-28-20(25)21(3)10-12(2)22-15(11-21)18-16(29(22,26)27)9-13-7-5-6-8-14(13)17(18)19(23)24/h5-9,15H,2,4,10-11H2,1,3H3,(H,23,24). The molecule has 0 saturated carbocycles. The molecule has 0 aliphatic carbocycles. The van der Waals surface area contributed by atoms with E-state index in [9.17, 15) is 23.1 Å². The average Bonchev–Trinajstić information content (AvgIpc) is 2.86. The number of allylic oxidation sites excluding steroid dienone is 1. The third-order valence-corrected chi connectivity index (χ3v) is 7.66. The van der Waals surface area contributed by atoms with Crippen molar-refractivity contribution in [1.82, 2.24) is 4.31 Å². The summed E-state index contributed by atoms with van der Waals surface area (Å²) in [5.41, 5.74) is -0.566. The molecule has 2 aliphatic rings. The quantitative estimate of drug-likeness (QED) is 0.771. The molecule has 2 heterocycles. The van der Waals surface area contributed by atoms with Gasteiger partial charge in [-0.25, -0.2) is 13.2 Å². The molecule has 1 fully saturated rings. The van der Waals surface area contributed by atoms with Crippen LogP contribution in [0.4, 0.5) is 0 Å². The Morgan fingerprint density at radius 1 is 1.34 bits per heavy atom. The monoisotopic (exact) mass is 415 g/mol. The van der Waals surface area contributed by atoms with Gasteiger partial charge in [0.15, 0.2) is 0 Å². The zero-order valence-corrected chi connectivity index (χ0v) is 17.0. The molecule has 2 aliphatic heterocycles. The van der Waals surface area contributed by atoms with E-state index >= 15 is 0 Å². The highest BCUT2D eigenvalue weighted by Gasteiger charge is 2.54. The van der Waals surface area contributed by atoms with Crippen LogP contribution in [0, 0.1) is 5.41 Å². The van der Waals surface area contributed by atoms with Gasteiger partial charge in [-0.05, 0) is 37.1 Å². The number of carbonyl (C=O) groups excluding carboxylic acids is 1. The minimum atomic E-state index is -3.97. The van der Waals surface area contributed by atoms with Crippen molar-refractivity contribution in [1.29, 1.82) is 0 Å². The van der Waals surface area contributed by atoms with Gasteiger partial charge in [0, 0.05) is 17.7 Å². The molecule has 2 aromatic carbocycles. The number of carboxylic acids is 1. The maximum Gasteiger partial charge on any atom is 0.336 e. The number of fused-ring (bicyclic) bond motifs is 4. The molecule has 2 unspecified atom stereocenters. The summed E-state index contributed by atoms with van der Waals surface area (Å²) < 4.78 is 33.0. The predicted molar refractivity (Wildman–Crippen MR) is 106 cm³/mol. The van der Waals surface area contributed by atoms with Crippen LogP contribution in [-0.4, -0.2) is 36.4 Å². The van der Waals surface area contributed by atoms with Gasteiger partial charge in [-0.1, -0.05) is 30.8 Å². The first-order valence-corrected chi connectivity index (χ1v) is 10.7. The van der Waals surface area contributed by atoms with Crippen LogP contribution in [0.15, 0.2) is 47.5 Å². The first-order valence-electron chi connectivity index (χ1n) is 9.30. The third-order valence-electron chi connectivity index (χ3n) is 5.74. The fraction of sp³-hybridized carbons (Fsp3) is 0.333. The number of esters is 1. The van der Waals surface area contributed by atoms with Crippen LogP contribution >= 0.6 is 0 Å². The largest absolute Gasteiger partial charge is 0.478 e. The number of sulfonamides is 1. The molecule has 1 N–H and O–H groups in total. The Morgan fingerprint density at radius 2 is 2.03 bits per heavy atom. The van der Waals surface area contributed by atoms with Crippen molar-refractivity contribution >= 4 is 32.7 Å². The summed E-state index contributed by atoms with van der Waals surface area (Å²) in [7, 11) is -3.97.